The lowest BCUT2D eigenvalue weighted by Gasteiger charge is -2.21. The molecule has 0 aliphatic carbocycles. The predicted molar refractivity (Wildman–Crippen MR) is 60.0 cm³/mol. The van der Waals surface area contributed by atoms with Crippen molar-refractivity contribution in [3.63, 3.8) is 0 Å². The van der Waals surface area contributed by atoms with Gasteiger partial charge < -0.3 is 10.6 Å². The molecule has 14 heavy (non-hydrogen) atoms. The fraction of sp³-hybridized carbons (Fsp3) is 1.00. The number of nitrogens with two attached hydrogens (primary N) is 1. The third-order valence-corrected chi connectivity index (χ3v) is 3.25. The largest absolute Gasteiger partial charge is 0.330 e. The summed E-state index contributed by atoms with van der Waals surface area (Å²) >= 11 is 0. The van der Waals surface area contributed by atoms with Gasteiger partial charge in [0.05, 0.1) is 5.75 Å². The van der Waals surface area contributed by atoms with Crippen molar-refractivity contribution in [2.24, 2.45) is 11.7 Å². The van der Waals surface area contributed by atoms with Crippen molar-refractivity contribution in [2.45, 2.75) is 13.3 Å². The summed E-state index contributed by atoms with van der Waals surface area (Å²) in [6.45, 7) is 4.24. The van der Waals surface area contributed by atoms with Crippen LogP contribution in [0.25, 0.3) is 0 Å². The second-order valence-electron chi connectivity index (χ2n) is 3.90. The first kappa shape index (κ1) is 13.9. The lowest BCUT2D eigenvalue weighted by atomic mass is 10.1. The van der Waals surface area contributed by atoms with Crippen molar-refractivity contribution in [1.82, 2.24) is 4.90 Å². The second-order valence-corrected chi connectivity index (χ2v) is 6.16. The lowest BCUT2D eigenvalue weighted by Crippen LogP contribution is -2.32. The standard InChI is InChI=1S/C9H22N2O2S/c1-4-9(7-10)8-11(2)5-6-14(3,12)13/h9H,4-8,10H2,1-3H3. The minimum Gasteiger partial charge on any atom is -0.330 e. The summed E-state index contributed by atoms with van der Waals surface area (Å²) in [5, 5.41) is 0. The molecule has 0 radical (unpaired) electrons. The van der Waals surface area contributed by atoms with Crippen LogP contribution in [-0.2, 0) is 9.84 Å². The van der Waals surface area contributed by atoms with Crippen molar-refractivity contribution in [3.8, 4) is 0 Å². The summed E-state index contributed by atoms with van der Waals surface area (Å²) in [6.07, 6.45) is 2.31. The Balaban J connectivity index is 3.80. The molecule has 1 unspecified atom stereocenters. The van der Waals surface area contributed by atoms with Gasteiger partial charge in [-0.05, 0) is 19.5 Å². The summed E-state index contributed by atoms with van der Waals surface area (Å²) in [6, 6.07) is 0. The number of hydrogen-bond acceptors (Lipinski definition) is 4. The highest BCUT2D eigenvalue weighted by molar-refractivity contribution is 7.90. The predicted octanol–water partition coefficient (Wildman–Crippen LogP) is -0.0523. The van der Waals surface area contributed by atoms with E-state index in [4.69, 9.17) is 5.73 Å². The van der Waals surface area contributed by atoms with Crippen LogP contribution in [0.15, 0.2) is 0 Å². The fourth-order valence-electron chi connectivity index (χ4n) is 1.22. The van der Waals surface area contributed by atoms with Crippen LogP contribution in [0.1, 0.15) is 13.3 Å². The van der Waals surface area contributed by atoms with Gasteiger partial charge in [0, 0.05) is 19.3 Å². The van der Waals surface area contributed by atoms with Crippen LogP contribution < -0.4 is 5.73 Å². The highest BCUT2D eigenvalue weighted by Crippen LogP contribution is 2.02. The van der Waals surface area contributed by atoms with Crippen LogP contribution in [0, 0.1) is 5.92 Å². The maximum absolute atomic E-state index is 10.9. The molecule has 0 aliphatic rings. The Bertz CT molecular complexity index is 235. The van der Waals surface area contributed by atoms with E-state index in [0.29, 0.717) is 19.0 Å². The van der Waals surface area contributed by atoms with Gasteiger partial charge in [0.15, 0.2) is 0 Å². The molecule has 4 nitrogen and oxygen atoms in total. The van der Waals surface area contributed by atoms with Gasteiger partial charge in [-0.3, -0.25) is 0 Å². The molecule has 5 heteroatoms. The summed E-state index contributed by atoms with van der Waals surface area (Å²) in [7, 11) is -0.907. The molecule has 0 aromatic rings. The van der Waals surface area contributed by atoms with Gasteiger partial charge in [-0.25, -0.2) is 8.42 Å². The van der Waals surface area contributed by atoms with E-state index in [-0.39, 0.29) is 5.75 Å². The Morgan fingerprint density at radius 1 is 1.43 bits per heavy atom. The third-order valence-electron chi connectivity index (χ3n) is 2.32. The molecule has 0 saturated heterocycles. The SMILES string of the molecule is CCC(CN)CN(C)CCS(C)(=O)=O. The molecule has 0 bridgehead atoms. The maximum atomic E-state index is 10.9. The maximum Gasteiger partial charge on any atom is 0.148 e. The van der Waals surface area contributed by atoms with Crippen LogP contribution in [-0.4, -0.2) is 52.0 Å². The molecule has 0 saturated carbocycles. The quantitative estimate of drug-likeness (QED) is 0.656. The Labute approximate surface area is 87.4 Å². The molecule has 0 fully saturated rings. The Morgan fingerprint density at radius 2 is 2.00 bits per heavy atom. The molecule has 2 N–H and O–H groups in total. The van der Waals surface area contributed by atoms with Crippen molar-refractivity contribution in [3.05, 3.63) is 0 Å². The lowest BCUT2D eigenvalue weighted by molar-refractivity contribution is 0.287. The first-order valence-electron chi connectivity index (χ1n) is 4.95. The van der Waals surface area contributed by atoms with E-state index >= 15 is 0 Å². The van der Waals surface area contributed by atoms with Gasteiger partial charge >= 0.3 is 0 Å². The third kappa shape index (κ3) is 7.29. The molecule has 1 atom stereocenters. The Kier molecular flexibility index (Phi) is 6.31. The molecule has 0 aromatic carbocycles. The minimum atomic E-state index is -2.84. The molecule has 0 amide bonds. The van der Waals surface area contributed by atoms with E-state index in [2.05, 4.69) is 6.92 Å². The number of hydrogen-bond donors (Lipinski definition) is 1. The summed E-state index contributed by atoms with van der Waals surface area (Å²) < 4.78 is 21.8. The highest BCUT2D eigenvalue weighted by atomic mass is 32.2. The Morgan fingerprint density at radius 3 is 2.36 bits per heavy atom. The van der Waals surface area contributed by atoms with Gasteiger partial charge in [-0.15, -0.1) is 0 Å². The first-order valence-corrected chi connectivity index (χ1v) is 7.01. The van der Waals surface area contributed by atoms with E-state index in [1.807, 2.05) is 11.9 Å². The van der Waals surface area contributed by atoms with Crippen LogP contribution in [0.5, 0.6) is 0 Å². The Hall–Kier alpha value is -0.130. The monoisotopic (exact) mass is 222 g/mol. The normalized spacial score (nSPS) is 14.6. The van der Waals surface area contributed by atoms with Gasteiger partial charge in [-0.2, -0.15) is 0 Å². The molecule has 0 aromatic heterocycles. The molecular weight excluding hydrogens is 200 g/mol. The van der Waals surface area contributed by atoms with Crippen molar-refractivity contribution < 1.29 is 8.42 Å². The highest BCUT2D eigenvalue weighted by Gasteiger charge is 2.09. The van der Waals surface area contributed by atoms with E-state index in [0.717, 1.165) is 13.0 Å². The first-order chi connectivity index (χ1) is 6.39. The number of nitrogens with zero attached hydrogens (tertiary/aromatic N) is 1. The molecular formula is C9H22N2O2S. The van der Waals surface area contributed by atoms with Gasteiger partial charge in [-0.1, -0.05) is 13.3 Å². The van der Waals surface area contributed by atoms with Crippen LogP contribution >= 0.6 is 0 Å². The smallest absolute Gasteiger partial charge is 0.148 e. The molecule has 0 heterocycles. The summed E-state index contributed by atoms with van der Waals surface area (Å²) in [5.74, 6) is 0.699. The van der Waals surface area contributed by atoms with Crippen LogP contribution in [0.4, 0.5) is 0 Å². The topological polar surface area (TPSA) is 63.4 Å². The van der Waals surface area contributed by atoms with Crippen molar-refractivity contribution >= 4 is 9.84 Å². The van der Waals surface area contributed by atoms with Crippen molar-refractivity contribution in [2.75, 3.05) is 38.7 Å². The molecule has 0 rings (SSSR count). The molecule has 0 spiro atoms. The zero-order valence-corrected chi connectivity index (χ0v) is 10.2. The van der Waals surface area contributed by atoms with Gasteiger partial charge in [0.25, 0.3) is 0 Å². The van der Waals surface area contributed by atoms with E-state index < -0.39 is 9.84 Å². The van der Waals surface area contributed by atoms with Crippen LogP contribution in [0.3, 0.4) is 0 Å². The number of rotatable bonds is 7. The zero-order chi connectivity index (χ0) is 11.2. The van der Waals surface area contributed by atoms with E-state index in [9.17, 15) is 8.42 Å². The van der Waals surface area contributed by atoms with E-state index in [1.165, 1.54) is 6.26 Å². The minimum absolute atomic E-state index is 0.227. The average Bonchev–Trinajstić information content (AvgIpc) is 2.09. The molecule has 0 aliphatic heterocycles. The zero-order valence-electron chi connectivity index (χ0n) is 9.36. The average molecular weight is 222 g/mol. The summed E-state index contributed by atoms with van der Waals surface area (Å²) in [5.41, 5.74) is 5.57. The van der Waals surface area contributed by atoms with Crippen LogP contribution in [0.2, 0.25) is 0 Å². The second kappa shape index (κ2) is 6.37. The van der Waals surface area contributed by atoms with Gasteiger partial charge in [0.2, 0.25) is 0 Å². The van der Waals surface area contributed by atoms with E-state index in [1.54, 1.807) is 0 Å². The fourth-order valence-corrected chi connectivity index (χ4v) is 1.87. The van der Waals surface area contributed by atoms with Crippen molar-refractivity contribution in [1.29, 1.82) is 0 Å². The number of sulfone groups is 1. The van der Waals surface area contributed by atoms with Gasteiger partial charge in [0.1, 0.15) is 9.84 Å². The summed E-state index contributed by atoms with van der Waals surface area (Å²) in [4.78, 5) is 2.03. The molecule has 86 valence electrons.